The lowest BCUT2D eigenvalue weighted by Crippen LogP contribution is -2.29. The average Bonchev–Trinajstić information content (AvgIpc) is 2.33. The van der Waals surface area contributed by atoms with E-state index in [4.69, 9.17) is 11.6 Å². The maximum Gasteiger partial charge on any atom is 0.248 e. The van der Waals surface area contributed by atoms with Gasteiger partial charge in [-0.25, -0.2) is 13.2 Å². The second kappa shape index (κ2) is 5.53. The van der Waals surface area contributed by atoms with Crippen LogP contribution in [0.4, 0.5) is 13.2 Å². The molecular weight excluding hydrogens is 277 g/mol. The minimum Gasteiger partial charge on any atom is -0.299 e. The molecular formula is C14H14ClF3O. The Balaban J connectivity index is 2.00. The quantitative estimate of drug-likeness (QED) is 0.805. The van der Waals surface area contributed by atoms with Crippen molar-refractivity contribution in [2.24, 2.45) is 5.92 Å². The molecule has 0 amide bonds. The van der Waals surface area contributed by atoms with Crippen molar-refractivity contribution in [2.75, 3.05) is 0 Å². The van der Waals surface area contributed by atoms with Crippen LogP contribution in [0.2, 0.25) is 5.02 Å². The molecule has 104 valence electrons. The Morgan fingerprint density at radius 3 is 2.58 bits per heavy atom. The summed E-state index contributed by atoms with van der Waals surface area (Å²) in [4.78, 5) is 12.0. The first-order valence-corrected chi connectivity index (χ1v) is 6.60. The molecule has 1 aliphatic rings. The van der Waals surface area contributed by atoms with Crippen LogP contribution in [-0.4, -0.2) is 11.7 Å². The van der Waals surface area contributed by atoms with Crippen molar-refractivity contribution in [3.63, 3.8) is 0 Å². The number of halogens is 4. The molecule has 1 saturated carbocycles. The minimum absolute atomic E-state index is 0.00678. The van der Waals surface area contributed by atoms with Crippen molar-refractivity contribution in [1.82, 2.24) is 0 Å². The molecule has 0 N–H and O–H groups in total. The predicted octanol–water partition coefficient (Wildman–Crippen LogP) is 4.42. The second-order valence-corrected chi connectivity index (χ2v) is 5.42. The molecule has 0 radical (unpaired) electrons. The van der Waals surface area contributed by atoms with Crippen LogP contribution < -0.4 is 0 Å². The van der Waals surface area contributed by atoms with Gasteiger partial charge in [-0.2, -0.15) is 0 Å². The van der Waals surface area contributed by atoms with Gasteiger partial charge in [-0.1, -0.05) is 11.6 Å². The van der Waals surface area contributed by atoms with Crippen LogP contribution >= 0.6 is 11.6 Å². The highest BCUT2D eigenvalue weighted by molar-refractivity contribution is 6.31. The Labute approximate surface area is 114 Å². The summed E-state index contributed by atoms with van der Waals surface area (Å²) in [6, 6.07) is 3.84. The van der Waals surface area contributed by atoms with Crippen LogP contribution in [0.25, 0.3) is 0 Å². The molecule has 19 heavy (non-hydrogen) atoms. The zero-order chi connectivity index (χ0) is 14.0. The third kappa shape index (κ3) is 3.72. The van der Waals surface area contributed by atoms with E-state index >= 15 is 0 Å². The van der Waals surface area contributed by atoms with E-state index in [0.717, 1.165) is 0 Å². The molecule has 0 aromatic heterocycles. The number of Topliss-reactive ketones (excluding diaryl/α,β-unsaturated/α-hetero) is 1. The maximum atomic E-state index is 13.1. The van der Waals surface area contributed by atoms with Gasteiger partial charge in [-0.3, -0.25) is 4.79 Å². The number of hydrogen-bond acceptors (Lipinski definition) is 1. The third-order valence-electron chi connectivity index (χ3n) is 3.54. The second-order valence-electron chi connectivity index (χ2n) is 5.01. The van der Waals surface area contributed by atoms with E-state index in [1.807, 2.05) is 0 Å². The van der Waals surface area contributed by atoms with Gasteiger partial charge >= 0.3 is 0 Å². The van der Waals surface area contributed by atoms with Gasteiger partial charge in [-0.05, 0) is 36.6 Å². The number of benzene rings is 1. The summed E-state index contributed by atoms with van der Waals surface area (Å²) < 4.78 is 39.1. The molecule has 1 fully saturated rings. The van der Waals surface area contributed by atoms with Crippen LogP contribution in [0.1, 0.15) is 31.2 Å². The lowest BCUT2D eigenvalue weighted by molar-refractivity contribution is -0.126. The first-order chi connectivity index (χ1) is 8.87. The number of rotatable bonds is 3. The Morgan fingerprint density at radius 1 is 1.32 bits per heavy atom. The molecule has 0 heterocycles. The highest BCUT2D eigenvalue weighted by atomic mass is 35.5. The summed E-state index contributed by atoms with van der Waals surface area (Å²) in [7, 11) is 0. The van der Waals surface area contributed by atoms with Crippen molar-refractivity contribution in [3.05, 3.63) is 34.6 Å². The Morgan fingerprint density at radius 2 is 1.95 bits per heavy atom. The summed E-state index contributed by atoms with van der Waals surface area (Å²) in [5.41, 5.74) is 0.420. The molecule has 0 bridgehead atoms. The van der Waals surface area contributed by atoms with E-state index in [9.17, 15) is 18.0 Å². The summed E-state index contributed by atoms with van der Waals surface area (Å²) in [6.45, 7) is 0. The van der Waals surface area contributed by atoms with Gasteiger partial charge in [0.2, 0.25) is 5.92 Å². The number of hydrogen-bond donors (Lipinski definition) is 0. The zero-order valence-corrected chi connectivity index (χ0v) is 11.0. The Hall–Kier alpha value is -1.03. The van der Waals surface area contributed by atoms with Crippen molar-refractivity contribution in [3.8, 4) is 0 Å². The molecule has 0 aliphatic heterocycles. The predicted molar refractivity (Wildman–Crippen MR) is 67.0 cm³/mol. The van der Waals surface area contributed by atoms with Crippen molar-refractivity contribution in [1.29, 1.82) is 0 Å². The zero-order valence-electron chi connectivity index (χ0n) is 10.3. The first kappa shape index (κ1) is 14.4. The van der Waals surface area contributed by atoms with E-state index in [-0.39, 0.29) is 43.8 Å². The highest BCUT2D eigenvalue weighted by Crippen LogP contribution is 2.37. The topological polar surface area (TPSA) is 17.1 Å². The van der Waals surface area contributed by atoms with E-state index in [2.05, 4.69) is 0 Å². The number of carbonyl (C=O) groups is 1. The fourth-order valence-electron chi connectivity index (χ4n) is 2.37. The van der Waals surface area contributed by atoms with Crippen molar-refractivity contribution >= 4 is 17.4 Å². The molecule has 2 rings (SSSR count). The minimum atomic E-state index is -2.65. The van der Waals surface area contributed by atoms with Crippen LogP contribution in [0.3, 0.4) is 0 Å². The monoisotopic (exact) mass is 290 g/mol. The molecule has 5 heteroatoms. The summed E-state index contributed by atoms with van der Waals surface area (Å²) in [6.07, 6.45) is -0.106. The molecule has 1 nitrogen and oxygen atoms in total. The fraction of sp³-hybridized carbons (Fsp3) is 0.500. The fourth-order valence-corrected chi connectivity index (χ4v) is 2.56. The summed E-state index contributed by atoms with van der Waals surface area (Å²) in [5.74, 6) is -3.60. The number of alkyl halides is 2. The smallest absolute Gasteiger partial charge is 0.248 e. The van der Waals surface area contributed by atoms with Crippen LogP contribution in [-0.2, 0) is 11.2 Å². The van der Waals surface area contributed by atoms with E-state index in [1.54, 1.807) is 0 Å². The van der Waals surface area contributed by atoms with Gasteiger partial charge in [0.25, 0.3) is 0 Å². The van der Waals surface area contributed by atoms with Gasteiger partial charge in [-0.15, -0.1) is 0 Å². The molecule has 1 aromatic carbocycles. The van der Waals surface area contributed by atoms with Gasteiger partial charge < -0.3 is 0 Å². The number of carbonyl (C=O) groups excluding carboxylic acids is 1. The summed E-state index contributed by atoms with van der Waals surface area (Å²) >= 11 is 5.89. The van der Waals surface area contributed by atoms with Crippen LogP contribution in [0.5, 0.6) is 0 Å². The SMILES string of the molecule is O=C(Cc1cc(F)ccc1Cl)C1CCC(F)(F)CC1. The van der Waals surface area contributed by atoms with Gasteiger partial charge in [0, 0.05) is 30.2 Å². The van der Waals surface area contributed by atoms with Gasteiger partial charge in [0.05, 0.1) is 0 Å². The van der Waals surface area contributed by atoms with E-state index < -0.39 is 11.7 Å². The molecule has 0 atom stereocenters. The normalized spacial score (nSPS) is 19.4. The Bertz CT molecular complexity index is 478. The lowest BCUT2D eigenvalue weighted by Gasteiger charge is -2.27. The van der Waals surface area contributed by atoms with Crippen LogP contribution in [0.15, 0.2) is 18.2 Å². The maximum absolute atomic E-state index is 13.1. The molecule has 0 saturated heterocycles. The standard InChI is InChI=1S/C14H14ClF3O/c15-12-2-1-11(16)7-10(12)8-13(19)9-3-5-14(17,18)6-4-9/h1-2,7,9H,3-6,8H2. The molecule has 0 spiro atoms. The average molecular weight is 291 g/mol. The molecule has 1 aromatic rings. The van der Waals surface area contributed by atoms with Crippen molar-refractivity contribution in [2.45, 2.75) is 38.0 Å². The largest absolute Gasteiger partial charge is 0.299 e. The van der Waals surface area contributed by atoms with Gasteiger partial charge in [0.15, 0.2) is 0 Å². The van der Waals surface area contributed by atoms with Crippen molar-refractivity contribution < 1.29 is 18.0 Å². The lowest BCUT2D eigenvalue weighted by atomic mass is 9.82. The third-order valence-corrected chi connectivity index (χ3v) is 3.91. The molecule has 0 unspecified atom stereocenters. The van der Waals surface area contributed by atoms with Crippen LogP contribution in [0, 0.1) is 11.7 Å². The summed E-state index contributed by atoms with van der Waals surface area (Å²) in [5, 5.41) is 0.330. The van der Waals surface area contributed by atoms with E-state index in [0.29, 0.717) is 10.6 Å². The van der Waals surface area contributed by atoms with E-state index in [1.165, 1.54) is 18.2 Å². The van der Waals surface area contributed by atoms with Gasteiger partial charge in [0.1, 0.15) is 11.6 Å². The Kier molecular flexibility index (Phi) is 4.19. The first-order valence-electron chi connectivity index (χ1n) is 6.22. The highest BCUT2D eigenvalue weighted by Gasteiger charge is 2.37. The number of ketones is 1. The molecule has 1 aliphatic carbocycles.